The van der Waals surface area contributed by atoms with Crippen molar-refractivity contribution >= 4 is 11.7 Å². The molecule has 0 aromatic carbocycles. The van der Waals surface area contributed by atoms with Crippen molar-refractivity contribution in [2.75, 3.05) is 18.0 Å². The number of anilines is 1. The number of nitriles is 1. The molecule has 1 N–H and O–H groups in total. The molecule has 1 fully saturated rings. The van der Waals surface area contributed by atoms with Gasteiger partial charge < -0.3 is 15.0 Å². The maximum absolute atomic E-state index is 11.5. The minimum absolute atomic E-state index is 0.00620. The van der Waals surface area contributed by atoms with Crippen molar-refractivity contribution in [2.45, 2.75) is 32.4 Å². The Hall–Kier alpha value is -3.14. The van der Waals surface area contributed by atoms with Gasteiger partial charge in [0.1, 0.15) is 23.7 Å². The van der Waals surface area contributed by atoms with Crippen LogP contribution in [0.4, 0.5) is 5.82 Å². The van der Waals surface area contributed by atoms with E-state index in [0.717, 1.165) is 24.3 Å². The maximum Gasteiger partial charge on any atom is 0.219 e. The first kappa shape index (κ1) is 17.7. The van der Waals surface area contributed by atoms with Crippen molar-refractivity contribution in [2.24, 2.45) is 0 Å². The SMILES string of the molecule is CCC(=O)NCc1ccncc1O[C@H]1CCN(c2ccc(C#N)cn2)C1. The molecular weight excluding hydrogens is 330 g/mol. The van der Waals surface area contributed by atoms with Crippen molar-refractivity contribution < 1.29 is 9.53 Å². The molecule has 3 rings (SSSR count). The third kappa shape index (κ3) is 4.28. The van der Waals surface area contributed by atoms with E-state index in [-0.39, 0.29) is 12.0 Å². The fourth-order valence-electron chi connectivity index (χ4n) is 2.83. The topological polar surface area (TPSA) is 91.1 Å². The largest absolute Gasteiger partial charge is 0.487 e. The zero-order valence-corrected chi connectivity index (χ0v) is 14.7. The molecule has 0 aliphatic carbocycles. The predicted molar refractivity (Wildman–Crippen MR) is 96.6 cm³/mol. The van der Waals surface area contributed by atoms with Gasteiger partial charge >= 0.3 is 0 Å². The highest BCUT2D eigenvalue weighted by molar-refractivity contribution is 5.75. The van der Waals surface area contributed by atoms with E-state index in [1.807, 2.05) is 19.1 Å². The number of carbonyl (C=O) groups excluding carboxylic acids is 1. The van der Waals surface area contributed by atoms with E-state index in [1.54, 1.807) is 24.7 Å². The lowest BCUT2D eigenvalue weighted by Crippen LogP contribution is -2.26. The molecule has 1 aliphatic heterocycles. The van der Waals surface area contributed by atoms with Gasteiger partial charge in [-0.1, -0.05) is 6.92 Å². The lowest BCUT2D eigenvalue weighted by molar-refractivity contribution is -0.120. The number of hydrogen-bond donors (Lipinski definition) is 1. The summed E-state index contributed by atoms with van der Waals surface area (Å²) in [4.78, 5) is 22.1. The lowest BCUT2D eigenvalue weighted by Gasteiger charge is -2.19. The molecule has 134 valence electrons. The van der Waals surface area contributed by atoms with Gasteiger partial charge in [-0.15, -0.1) is 0 Å². The average Bonchev–Trinajstić information content (AvgIpc) is 3.15. The van der Waals surface area contributed by atoms with Crippen LogP contribution in [0.2, 0.25) is 0 Å². The Kier molecular flexibility index (Phi) is 5.64. The number of nitrogens with zero attached hydrogens (tertiary/aromatic N) is 4. The molecule has 7 heteroatoms. The molecular formula is C19H21N5O2. The summed E-state index contributed by atoms with van der Waals surface area (Å²) < 4.78 is 6.13. The number of nitrogens with one attached hydrogen (secondary N) is 1. The molecule has 1 aliphatic rings. The first-order valence-electron chi connectivity index (χ1n) is 8.67. The van der Waals surface area contributed by atoms with Gasteiger partial charge in [-0.2, -0.15) is 5.26 Å². The number of ether oxygens (including phenoxy) is 1. The molecule has 0 radical (unpaired) electrons. The highest BCUT2D eigenvalue weighted by atomic mass is 16.5. The monoisotopic (exact) mass is 351 g/mol. The summed E-state index contributed by atoms with van der Waals surface area (Å²) in [5.41, 5.74) is 1.46. The van der Waals surface area contributed by atoms with Crippen LogP contribution in [0.5, 0.6) is 5.75 Å². The van der Waals surface area contributed by atoms with Crippen molar-refractivity contribution in [1.82, 2.24) is 15.3 Å². The normalized spacial score (nSPS) is 16.2. The third-order valence-corrected chi connectivity index (χ3v) is 4.31. The van der Waals surface area contributed by atoms with Crippen molar-refractivity contribution in [3.8, 4) is 11.8 Å². The molecule has 2 aromatic heterocycles. The standard InChI is InChI=1S/C19H21N5O2/c1-2-19(25)23-11-15-5-7-21-12-17(15)26-16-6-8-24(13-16)18-4-3-14(9-20)10-22-18/h3-5,7,10,12,16H,2,6,8,11,13H2,1H3,(H,23,25)/t16-/m0/s1. The maximum atomic E-state index is 11.5. The van der Waals surface area contributed by atoms with Gasteiger partial charge in [0.05, 0.1) is 18.3 Å². The van der Waals surface area contributed by atoms with E-state index in [1.165, 1.54) is 0 Å². The Morgan fingerprint density at radius 1 is 1.42 bits per heavy atom. The summed E-state index contributed by atoms with van der Waals surface area (Å²) >= 11 is 0. The summed E-state index contributed by atoms with van der Waals surface area (Å²) in [6.07, 6.45) is 6.32. The average molecular weight is 351 g/mol. The van der Waals surface area contributed by atoms with E-state index in [2.05, 4.69) is 26.3 Å². The number of hydrogen-bond acceptors (Lipinski definition) is 6. The smallest absolute Gasteiger partial charge is 0.219 e. The van der Waals surface area contributed by atoms with Crippen LogP contribution in [0.25, 0.3) is 0 Å². The second kappa shape index (κ2) is 8.30. The number of amides is 1. The van der Waals surface area contributed by atoms with Gasteiger partial charge in [-0.3, -0.25) is 9.78 Å². The fourth-order valence-corrected chi connectivity index (χ4v) is 2.83. The predicted octanol–water partition coefficient (Wildman–Crippen LogP) is 2.03. The molecule has 1 atom stereocenters. The van der Waals surface area contributed by atoms with E-state index >= 15 is 0 Å². The molecule has 3 heterocycles. The van der Waals surface area contributed by atoms with E-state index in [4.69, 9.17) is 10.00 Å². The summed E-state index contributed by atoms with van der Waals surface area (Å²) in [7, 11) is 0. The Morgan fingerprint density at radius 2 is 2.31 bits per heavy atom. The molecule has 1 saturated heterocycles. The highest BCUT2D eigenvalue weighted by Gasteiger charge is 2.25. The quantitative estimate of drug-likeness (QED) is 0.856. The Morgan fingerprint density at radius 3 is 3.04 bits per heavy atom. The second-order valence-corrected chi connectivity index (χ2v) is 6.11. The Bertz CT molecular complexity index is 800. The molecule has 0 spiro atoms. The van der Waals surface area contributed by atoms with E-state index < -0.39 is 0 Å². The van der Waals surface area contributed by atoms with Gasteiger partial charge in [0.15, 0.2) is 0 Å². The Labute approximate surface area is 152 Å². The number of aromatic nitrogens is 2. The van der Waals surface area contributed by atoms with Crippen LogP contribution in [-0.2, 0) is 11.3 Å². The van der Waals surface area contributed by atoms with Gasteiger partial charge in [0, 0.05) is 43.9 Å². The second-order valence-electron chi connectivity index (χ2n) is 6.11. The first-order chi connectivity index (χ1) is 12.7. The molecule has 1 amide bonds. The molecule has 26 heavy (non-hydrogen) atoms. The summed E-state index contributed by atoms with van der Waals surface area (Å²) in [6, 6.07) is 7.56. The molecule has 7 nitrogen and oxygen atoms in total. The van der Waals surface area contributed by atoms with Crippen LogP contribution in [-0.4, -0.2) is 35.1 Å². The zero-order valence-electron chi connectivity index (χ0n) is 14.7. The highest BCUT2D eigenvalue weighted by Crippen LogP contribution is 2.24. The summed E-state index contributed by atoms with van der Waals surface area (Å²) in [5, 5.41) is 11.7. The Balaban J connectivity index is 1.61. The molecule has 2 aromatic rings. The van der Waals surface area contributed by atoms with Gasteiger partial charge in [0.2, 0.25) is 5.91 Å². The minimum atomic E-state index is 0.00620. The van der Waals surface area contributed by atoms with Crippen LogP contribution in [0, 0.1) is 11.3 Å². The van der Waals surface area contributed by atoms with E-state index in [9.17, 15) is 4.79 Å². The summed E-state index contributed by atoms with van der Waals surface area (Å²) in [6.45, 7) is 3.81. The van der Waals surface area contributed by atoms with Crippen molar-refractivity contribution in [3.63, 3.8) is 0 Å². The van der Waals surface area contributed by atoms with Crippen molar-refractivity contribution in [3.05, 3.63) is 47.9 Å². The molecule has 0 unspecified atom stereocenters. The number of rotatable bonds is 6. The van der Waals surface area contributed by atoms with Crippen LogP contribution in [0.15, 0.2) is 36.8 Å². The third-order valence-electron chi connectivity index (χ3n) is 4.31. The zero-order chi connectivity index (χ0) is 18.4. The minimum Gasteiger partial charge on any atom is -0.487 e. The molecule has 0 saturated carbocycles. The van der Waals surface area contributed by atoms with Crippen LogP contribution in [0.3, 0.4) is 0 Å². The van der Waals surface area contributed by atoms with Gasteiger partial charge in [0.25, 0.3) is 0 Å². The van der Waals surface area contributed by atoms with Gasteiger partial charge in [-0.05, 0) is 18.2 Å². The van der Waals surface area contributed by atoms with E-state index in [0.29, 0.717) is 30.8 Å². The number of carbonyl (C=O) groups is 1. The first-order valence-corrected chi connectivity index (χ1v) is 8.67. The lowest BCUT2D eigenvalue weighted by atomic mass is 10.2. The van der Waals surface area contributed by atoms with Gasteiger partial charge in [-0.25, -0.2) is 4.98 Å². The molecule has 0 bridgehead atoms. The van der Waals surface area contributed by atoms with Crippen LogP contribution < -0.4 is 15.0 Å². The van der Waals surface area contributed by atoms with Crippen LogP contribution in [0.1, 0.15) is 30.9 Å². The number of pyridine rings is 2. The summed E-state index contributed by atoms with van der Waals surface area (Å²) in [5.74, 6) is 1.55. The van der Waals surface area contributed by atoms with Crippen LogP contribution >= 0.6 is 0 Å². The van der Waals surface area contributed by atoms with Crippen molar-refractivity contribution in [1.29, 1.82) is 5.26 Å². The fraction of sp³-hybridized carbons (Fsp3) is 0.368.